The first-order chi connectivity index (χ1) is 5.77. The predicted octanol–water partition coefficient (Wildman–Crippen LogP) is 3.21. The summed E-state index contributed by atoms with van der Waals surface area (Å²) in [5, 5.41) is 8.30. The summed E-state index contributed by atoms with van der Waals surface area (Å²) in [5.41, 5.74) is 0.874. The highest BCUT2D eigenvalue weighted by Gasteiger charge is 2.10. The molecule has 2 heterocycles. The van der Waals surface area contributed by atoms with E-state index in [4.69, 9.17) is 16.0 Å². The van der Waals surface area contributed by atoms with Crippen molar-refractivity contribution in [2.75, 3.05) is 0 Å². The molecule has 0 saturated carbocycles. The molecule has 0 fully saturated rings. The fraction of sp³-hybridized carbons (Fsp3) is 0. The Morgan fingerprint density at radius 3 is 2.83 bits per heavy atom. The van der Waals surface area contributed by atoms with E-state index in [9.17, 15) is 0 Å². The SMILES string of the molecule is Clc1nnc(-c2ccoc2Br)s1. The van der Waals surface area contributed by atoms with Gasteiger partial charge in [-0.1, -0.05) is 11.3 Å². The van der Waals surface area contributed by atoms with E-state index < -0.39 is 0 Å². The normalized spacial score (nSPS) is 10.5. The van der Waals surface area contributed by atoms with E-state index in [0.29, 0.717) is 9.14 Å². The minimum Gasteiger partial charge on any atom is -0.457 e. The highest BCUT2D eigenvalue weighted by molar-refractivity contribution is 9.10. The van der Waals surface area contributed by atoms with Gasteiger partial charge in [-0.25, -0.2) is 0 Å². The highest BCUT2D eigenvalue weighted by atomic mass is 79.9. The van der Waals surface area contributed by atoms with Gasteiger partial charge < -0.3 is 4.42 Å². The Morgan fingerprint density at radius 1 is 1.50 bits per heavy atom. The molecule has 0 aromatic carbocycles. The monoisotopic (exact) mass is 264 g/mol. The van der Waals surface area contributed by atoms with Crippen molar-refractivity contribution in [3.05, 3.63) is 21.5 Å². The molecule has 3 nitrogen and oxygen atoms in total. The molecule has 0 aliphatic rings. The molecule has 2 aromatic heterocycles. The maximum Gasteiger partial charge on any atom is 0.207 e. The molecule has 2 rings (SSSR count). The van der Waals surface area contributed by atoms with E-state index in [1.54, 1.807) is 12.3 Å². The van der Waals surface area contributed by atoms with Gasteiger partial charge in [0.15, 0.2) is 9.68 Å². The summed E-state index contributed by atoms with van der Waals surface area (Å²) in [4.78, 5) is 0. The Labute approximate surface area is 85.5 Å². The van der Waals surface area contributed by atoms with E-state index in [0.717, 1.165) is 10.6 Å². The molecule has 0 amide bonds. The van der Waals surface area contributed by atoms with Crippen LogP contribution in [0.4, 0.5) is 0 Å². The molecule has 0 bridgehead atoms. The lowest BCUT2D eigenvalue weighted by Crippen LogP contribution is -1.72. The van der Waals surface area contributed by atoms with Crippen molar-refractivity contribution in [3.8, 4) is 10.6 Å². The van der Waals surface area contributed by atoms with Gasteiger partial charge in [-0.3, -0.25) is 0 Å². The minimum absolute atomic E-state index is 0.429. The number of hydrogen-bond donors (Lipinski definition) is 0. The Morgan fingerprint density at radius 2 is 2.33 bits per heavy atom. The first-order valence-corrected chi connectivity index (χ1v) is 4.98. The second-order valence-electron chi connectivity index (χ2n) is 1.97. The molecular formula is C6H2BrClN2OS. The summed E-state index contributed by atoms with van der Waals surface area (Å²) in [6, 6.07) is 1.81. The molecule has 12 heavy (non-hydrogen) atoms. The molecule has 62 valence electrons. The Kier molecular flexibility index (Phi) is 2.16. The second-order valence-corrected chi connectivity index (χ2v) is 4.25. The Hall–Kier alpha value is -0.390. The second kappa shape index (κ2) is 3.16. The topological polar surface area (TPSA) is 38.9 Å². The summed E-state index contributed by atoms with van der Waals surface area (Å²) < 4.78 is 6.12. The van der Waals surface area contributed by atoms with Gasteiger partial charge in [0.2, 0.25) is 4.47 Å². The highest BCUT2D eigenvalue weighted by Crippen LogP contribution is 2.32. The number of rotatable bonds is 1. The van der Waals surface area contributed by atoms with Crippen molar-refractivity contribution in [1.82, 2.24) is 10.2 Å². The van der Waals surface area contributed by atoms with E-state index >= 15 is 0 Å². The van der Waals surface area contributed by atoms with E-state index in [1.807, 2.05) is 0 Å². The van der Waals surface area contributed by atoms with Crippen LogP contribution in [0.2, 0.25) is 4.47 Å². The standard InChI is InChI=1S/C6H2BrClN2OS/c7-4-3(1-2-11-4)5-9-10-6(8)12-5/h1-2H. The van der Waals surface area contributed by atoms with Gasteiger partial charge in [0.25, 0.3) is 0 Å². The molecule has 0 saturated heterocycles. The average Bonchev–Trinajstić information content (AvgIpc) is 2.58. The molecule has 0 radical (unpaired) electrons. The lowest BCUT2D eigenvalue weighted by atomic mass is 10.4. The van der Waals surface area contributed by atoms with Crippen molar-refractivity contribution < 1.29 is 4.42 Å². The maximum absolute atomic E-state index is 5.63. The zero-order valence-electron chi connectivity index (χ0n) is 5.62. The largest absolute Gasteiger partial charge is 0.457 e. The fourth-order valence-corrected chi connectivity index (χ4v) is 2.17. The number of aromatic nitrogens is 2. The first kappa shape index (κ1) is 8.22. The summed E-state index contributed by atoms with van der Waals surface area (Å²) in [6.07, 6.45) is 1.58. The molecule has 0 N–H and O–H groups in total. The molecule has 2 aromatic rings. The zero-order chi connectivity index (χ0) is 8.55. The fourth-order valence-electron chi connectivity index (χ4n) is 0.760. The van der Waals surface area contributed by atoms with Gasteiger partial charge in [0.1, 0.15) is 0 Å². The van der Waals surface area contributed by atoms with E-state index in [1.165, 1.54) is 11.3 Å². The van der Waals surface area contributed by atoms with Crippen molar-refractivity contribution in [2.45, 2.75) is 0 Å². The van der Waals surface area contributed by atoms with Crippen LogP contribution < -0.4 is 0 Å². The quantitative estimate of drug-likeness (QED) is 0.795. The van der Waals surface area contributed by atoms with Crippen LogP contribution in [0.3, 0.4) is 0 Å². The number of hydrogen-bond acceptors (Lipinski definition) is 4. The Bertz CT molecular complexity index is 400. The maximum atomic E-state index is 5.63. The van der Waals surface area contributed by atoms with Crippen molar-refractivity contribution in [3.63, 3.8) is 0 Å². The van der Waals surface area contributed by atoms with Crippen LogP contribution >= 0.6 is 38.9 Å². The van der Waals surface area contributed by atoms with Crippen molar-refractivity contribution in [1.29, 1.82) is 0 Å². The number of furan rings is 1. The van der Waals surface area contributed by atoms with E-state index in [2.05, 4.69) is 26.1 Å². The first-order valence-electron chi connectivity index (χ1n) is 3.00. The summed E-state index contributed by atoms with van der Waals surface area (Å²) in [7, 11) is 0. The molecule has 0 aliphatic heterocycles. The van der Waals surface area contributed by atoms with Crippen molar-refractivity contribution >= 4 is 38.9 Å². The number of halogens is 2. The van der Waals surface area contributed by atoms with Gasteiger partial charge in [-0.15, -0.1) is 10.2 Å². The minimum atomic E-state index is 0.429. The van der Waals surface area contributed by atoms with Crippen LogP contribution in [0.25, 0.3) is 10.6 Å². The van der Waals surface area contributed by atoms with E-state index in [-0.39, 0.29) is 0 Å². The molecule has 0 unspecified atom stereocenters. The van der Waals surface area contributed by atoms with Crippen LogP contribution in [0.1, 0.15) is 0 Å². The van der Waals surface area contributed by atoms with Crippen LogP contribution in [-0.2, 0) is 0 Å². The summed E-state index contributed by atoms with van der Waals surface area (Å²) >= 11 is 10.2. The van der Waals surface area contributed by atoms with Gasteiger partial charge >= 0.3 is 0 Å². The van der Waals surface area contributed by atoms with Gasteiger partial charge in [-0.05, 0) is 33.6 Å². The van der Waals surface area contributed by atoms with Crippen LogP contribution in [0.15, 0.2) is 21.4 Å². The smallest absolute Gasteiger partial charge is 0.207 e. The third-order valence-corrected chi connectivity index (χ3v) is 2.91. The summed E-state index contributed by atoms with van der Waals surface area (Å²) in [6.45, 7) is 0. The zero-order valence-corrected chi connectivity index (χ0v) is 8.78. The molecule has 6 heteroatoms. The lowest BCUT2D eigenvalue weighted by molar-refractivity contribution is 0.542. The number of nitrogens with zero attached hydrogens (tertiary/aromatic N) is 2. The predicted molar refractivity (Wildman–Crippen MR) is 50.3 cm³/mol. The van der Waals surface area contributed by atoms with Crippen LogP contribution in [-0.4, -0.2) is 10.2 Å². The van der Waals surface area contributed by atoms with Gasteiger partial charge in [0, 0.05) is 0 Å². The van der Waals surface area contributed by atoms with Crippen LogP contribution in [0.5, 0.6) is 0 Å². The average molecular weight is 266 g/mol. The van der Waals surface area contributed by atoms with Crippen molar-refractivity contribution in [2.24, 2.45) is 0 Å². The Balaban J connectivity index is 2.50. The third kappa shape index (κ3) is 1.39. The van der Waals surface area contributed by atoms with Gasteiger partial charge in [0.05, 0.1) is 11.8 Å². The summed E-state index contributed by atoms with van der Waals surface area (Å²) in [5.74, 6) is 0. The molecule has 0 spiro atoms. The lowest BCUT2D eigenvalue weighted by Gasteiger charge is -1.86. The van der Waals surface area contributed by atoms with Gasteiger partial charge in [-0.2, -0.15) is 0 Å². The van der Waals surface area contributed by atoms with Crippen LogP contribution in [0, 0.1) is 0 Å². The molecule has 0 atom stereocenters. The third-order valence-electron chi connectivity index (χ3n) is 1.25. The molecular weight excluding hydrogens is 264 g/mol. The molecule has 0 aliphatic carbocycles.